The van der Waals surface area contributed by atoms with Gasteiger partial charge in [0, 0.05) is 12.1 Å². The Kier molecular flexibility index (Phi) is 5.39. The first-order valence-electron chi connectivity index (χ1n) is 8.06. The summed E-state index contributed by atoms with van der Waals surface area (Å²) in [6, 6.07) is 11.4. The van der Waals surface area contributed by atoms with Crippen LogP contribution in [0.2, 0.25) is 5.02 Å². The van der Waals surface area contributed by atoms with Crippen LogP contribution in [0.3, 0.4) is 0 Å². The number of rotatable bonds is 3. The van der Waals surface area contributed by atoms with Crippen molar-refractivity contribution in [2.75, 3.05) is 14.2 Å². The van der Waals surface area contributed by atoms with Gasteiger partial charge in [0.15, 0.2) is 5.17 Å². The summed E-state index contributed by atoms with van der Waals surface area (Å²) in [5.74, 6) is 0.722. The maximum Gasteiger partial charge on any atom is 0.266 e. The third-order valence-corrected chi connectivity index (χ3v) is 5.66. The van der Waals surface area contributed by atoms with Gasteiger partial charge in [0.05, 0.1) is 17.7 Å². The Morgan fingerprint density at radius 3 is 2.73 bits per heavy atom. The van der Waals surface area contributed by atoms with Crippen molar-refractivity contribution in [1.82, 2.24) is 4.90 Å². The van der Waals surface area contributed by atoms with Crippen LogP contribution in [0.15, 0.2) is 46.3 Å². The van der Waals surface area contributed by atoms with Crippen molar-refractivity contribution < 1.29 is 9.53 Å². The molecule has 1 fully saturated rings. The Hall–Kier alpha value is -2.24. The van der Waals surface area contributed by atoms with Gasteiger partial charge < -0.3 is 4.74 Å². The summed E-state index contributed by atoms with van der Waals surface area (Å²) in [5.41, 5.74) is 3.62. The predicted molar refractivity (Wildman–Crippen MR) is 109 cm³/mol. The molecule has 1 aliphatic rings. The second-order valence-corrected chi connectivity index (χ2v) is 7.40. The zero-order valence-corrected chi connectivity index (χ0v) is 16.6. The van der Waals surface area contributed by atoms with Gasteiger partial charge in [-0.1, -0.05) is 29.8 Å². The van der Waals surface area contributed by atoms with Gasteiger partial charge in [-0.05, 0) is 66.6 Å². The second-order valence-electron chi connectivity index (χ2n) is 5.98. The van der Waals surface area contributed by atoms with E-state index in [1.807, 2.05) is 56.3 Å². The third kappa shape index (κ3) is 3.64. The number of aliphatic imine (C=N–C) groups is 1. The molecule has 0 saturated carbocycles. The smallest absolute Gasteiger partial charge is 0.266 e. The Bertz CT molecular complexity index is 937. The van der Waals surface area contributed by atoms with Crippen molar-refractivity contribution in [2.24, 2.45) is 4.99 Å². The van der Waals surface area contributed by atoms with Crippen LogP contribution in [0.5, 0.6) is 5.75 Å². The topological polar surface area (TPSA) is 41.9 Å². The number of carbonyl (C=O) groups excluding carboxylic acids is 1. The van der Waals surface area contributed by atoms with Gasteiger partial charge in [0.2, 0.25) is 0 Å². The van der Waals surface area contributed by atoms with Crippen molar-refractivity contribution in [2.45, 2.75) is 13.8 Å². The van der Waals surface area contributed by atoms with Crippen LogP contribution in [-0.4, -0.2) is 30.1 Å². The van der Waals surface area contributed by atoms with E-state index in [4.69, 9.17) is 16.3 Å². The van der Waals surface area contributed by atoms with Gasteiger partial charge in [-0.15, -0.1) is 0 Å². The molecular weight excluding hydrogens is 368 g/mol. The molecule has 0 bridgehead atoms. The number of methoxy groups -OCH3 is 1. The van der Waals surface area contributed by atoms with Gasteiger partial charge in [-0.25, -0.2) is 4.99 Å². The molecular formula is C20H19ClN2O2S. The average Bonchev–Trinajstić information content (AvgIpc) is 2.88. The lowest BCUT2D eigenvalue weighted by atomic mass is 10.1. The quantitative estimate of drug-likeness (QED) is 0.681. The molecule has 3 rings (SSSR count). The zero-order valence-electron chi connectivity index (χ0n) is 15.0. The molecule has 2 aromatic carbocycles. The SMILES string of the molecule is COc1cc(/C=C2/SC(=Nc3cccc(Cl)c3C)N(C)C2=O)ccc1C. The van der Waals surface area contributed by atoms with E-state index >= 15 is 0 Å². The molecule has 6 heteroatoms. The van der Waals surface area contributed by atoms with Gasteiger partial charge in [0.1, 0.15) is 5.75 Å². The van der Waals surface area contributed by atoms with E-state index in [9.17, 15) is 4.79 Å². The number of aryl methyl sites for hydroxylation is 1. The lowest BCUT2D eigenvalue weighted by Gasteiger charge is -2.08. The highest BCUT2D eigenvalue weighted by molar-refractivity contribution is 8.18. The van der Waals surface area contributed by atoms with Crippen LogP contribution < -0.4 is 4.74 Å². The highest BCUT2D eigenvalue weighted by atomic mass is 35.5. The number of carbonyl (C=O) groups is 1. The van der Waals surface area contributed by atoms with Crippen LogP contribution in [0.25, 0.3) is 6.08 Å². The highest BCUT2D eigenvalue weighted by Gasteiger charge is 2.30. The molecule has 0 spiro atoms. The Morgan fingerprint density at radius 1 is 1.23 bits per heavy atom. The average molecular weight is 387 g/mol. The minimum Gasteiger partial charge on any atom is -0.496 e. The Morgan fingerprint density at radius 2 is 2.00 bits per heavy atom. The van der Waals surface area contributed by atoms with E-state index in [0.717, 1.165) is 28.1 Å². The molecule has 0 aliphatic carbocycles. The number of benzene rings is 2. The predicted octanol–water partition coefficient (Wildman–Crippen LogP) is 5.20. The third-order valence-electron chi connectivity index (χ3n) is 4.19. The molecule has 1 aliphatic heterocycles. The molecule has 4 nitrogen and oxygen atoms in total. The fraction of sp³-hybridized carbons (Fsp3) is 0.200. The van der Waals surface area contributed by atoms with E-state index < -0.39 is 0 Å². The lowest BCUT2D eigenvalue weighted by molar-refractivity contribution is -0.121. The molecule has 0 aromatic heterocycles. The first kappa shape index (κ1) is 18.5. The van der Waals surface area contributed by atoms with Crippen molar-refractivity contribution in [1.29, 1.82) is 0 Å². The molecule has 1 heterocycles. The minimum atomic E-state index is -0.0760. The molecule has 0 N–H and O–H groups in total. The van der Waals surface area contributed by atoms with Gasteiger partial charge in [-0.2, -0.15) is 0 Å². The summed E-state index contributed by atoms with van der Waals surface area (Å²) >= 11 is 7.51. The monoisotopic (exact) mass is 386 g/mol. The molecule has 0 unspecified atom stereocenters. The summed E-state index contributed by atoms with van der Waals surface area (Å²) in [6.45, 7) is 3.90. The summed E-state index contributed by atoms with van der Waals surface area (Å²) in [5, 5.41) is 1.29. The molecule has 2 aromatic rings. The number of hydrogen-bond acceptors (Lipinski definition) is 4. The van der Waals surface area contributed by atoms with Gasteiger partial charge in [-0.3, -0.25) is 9.69 Å². The normalized spacial score (nSPS) is 17.4. The van der Waals surface area contributed by atoms with E-state index in [0.29, 0.717) is 15.1 Å². The first-order chi connectivity index (χ1) is 12.4. The van der Waals surface area contributed by atoms with Crippen LogP contribution >= 0.6 is 23.4 Å². The zero-order chi connectivity index (χ0) is 18.8. The van der Waals surface area contributed by atoms with E-state index in [1.54, 1.807) is 19.1 Å². The summed E-state index contributed by atoms with van der Waals surface area (Å²) < 4.78 is 5.35. The van der Waals surface area contributed by atoms with Crippen molar-refractivity contribution >= 4 is 46.2 Å². The minimum absolute atomic E-state index is 0.0760. The number of thioether (sulfide) groups is 1. The number of nitrogens with zero attached hydrogens (tertiary/aromatic N) is 2. The molecule has 0 radical (unpaired) electrons. The van der Waals surface area contributed by atoms with Crippen LogP contribution in [0.4, 0.5) is 5.69 Å². The maximum atomic E-state index is 12.6. The van der Waals surface area contributed by atoms with E-state index in [2.05, 4.69) is 4.99 Å². The maximum absolute atomic E-state index is 12.6. The van der Waals surface area contributed by atoms with E-state index in [1.165, 1.54) is 11.8 Å². The second kappa shape index (κ2) is 7.56. The fourth-order valence-electron chi connectivity index (χ4n) is 2.55. The number of ether oxygens (including phenoxy) is 1. The molecule has 26 heavy (non-hydrogen) atoms. The summed E-state index contributed by atoms with van der Waals surface area (Å²) in [7, 11) is 3.37. The number of hydrogen-bond donors (Lipinski definition) is 0. The van der Waals surface area contributed by atoms with Gasteiger partial charge >= 0.3 is 0 Å². The van der Waals surface area contributed by atoms with Crippen LogP contribution in [-0.2, 0) is 4.79 Å². The standard InChI is InChI=1S/C20H19ClN2O2S/c1-12-8-9-14(10-17(12)25-4)11-18-19(24)23(3)20(26-18)22-16-7-5-6-15(21)13(16)2/h5-11H,1-4H3/b18-11+,22-20?. The van der Waals surface area contributed by atoms with Crippen molar-refractivity contribution in [3.63, 3.8) is 0 Å². The number of amidine groups is 1. The van der Waals surface area contributed by atoms with Crippen LogP contribution in [0, 0.1) is 13.8 Å². The van der Waals surface area contributed by atoms with Gasteiger partial charge in [0.25, 0.3) is 5.91 Å². The molecule has 0 atom stereocenters. The summed E-state index contributed by atoms with van der Waals surface area (Å²) in [4.78, 5) is 19.4. The molecule has 134 valence electrons. The van der Waals surface area contributed by atoms with Crippen LogP contribution in [0.1, 0.15) is 16.7 Å². The van der Waals surface area contributed by atoms with E-state index in [-0.39, 0.29) is 5.91 Å². The Labute approximate surface area is 162 Å². The number of halogens is 1. The summed E-state index contributed by atoms with van der Waals surface area (Å²) in [6.07, 6.45) is 1.86. The number of likely N-dealkylation sites (N-methyl/N-ethyl adjacent to an activating group) is 1. The lowest BCUT2D eigenvalue weighted by Crippen LogP contribution is -2.23. The number of amides is 1. The highest BCUT2D eigenvalue weighted by Crippen LogP contribution is 2.35. The largest absolute Gasteiger partial charge is 0.496 e. The van der Waals surface area contributed by atoms with Crippen molar-refractivity contribution in [3.05, 3.63) is 63.0 Å². The first-order valence-corrected chi connectivity index (χ1v) is 9.26. The Balaban J connectivity index is 1.94. The van der Waals surface area contributed by atoms with Crippen molar-refractivity contribution in [3.8, 4) is 5.75 Å². The molecule has 1 amide bonds. The molecule has 1 saturated heterocycles. The fourth-order valence-corrected chi connectivity index (χ4v) is 3.70.